The second-order valence-electron chi connectivity index (χ2n) is 7.16. The van der Waals surface area contributed by atoms with Crippen molar-refractivity contribution in [2.75, 3.05) is 13.7 Å². The van der Waals surface area contributed by atoms with Crippen molar-refractivity contribution < 1.29 is 26.8 Å². The summed E-state index contributed by atoms with van der Waals surface area (Å²) in [5.41, 5.74) is 2.80. The first-order chi connectivity index (χ1) is 15.2. The van der Waals surface area contributed by atoms with Crippen molar-refractivity contribution in [3.63, 3.8) is 0 Å². The highest BCUT2D eigenvalue weighted by Crippen LogP contribution is 2.34. The molecule has 0 unspecified atom stereocenters. The van der Waals surface area contributed by atoms with Crippen LogP contribution in [0.15, 0.2) is 59.5 Å². The summed E-state index contributed by atoms with van der Waals surface area (Å²) in [5.74, 6) is 1.69. The Hall–Kier alpha value is -2.65. The highest BCUT2D eigenvalue weighted by molar-refractivity contribution is 7.85. The van der Waals surface area contributed by atoms with Crippen LogP contribution in [0.25, 0.3) is 0 Å². The molecule has 0 aliphatic carbocycles. The van der Waals surface area contributed by atoms with E-state index in [2.05, 4.69) is 5.32 Å². The van der Waals surface area contributed by atoms with Crippen LogP contribution in [0.2, 0.25) is 5.02 Å². The predicted molar refractivity (Wildman–Crippen MR) is 121 cm³/mol. The molecule has 1 aliphatic heterocycles. The van der Waals surface area contributed by atoms with Crippen LogP contribution in [0.3, 0.4) is 0 Å². The van der Waals surface area contributed by atoms with Crippen molar-refractivity contribution in [2.24, 2.45) is 0 Å². The van der Waals surface area contributed by atoms with Gasteiger partial charge in [0, 0.05) is 30.2 Å². The fourth-order valence-electron chi connectivity index (χ4n) is 3.06. The van der Waals surface area contributed by atoms with Gasteiger partial charge in [-0.3, -0.25) is 4.55 Å². The van der Waals surface area contributed by atoms with E-state index in [9.17, 15) is 12.8 Å². The number of nitrogens with one attached hydrogen (secondary N) is 1. The molecule has 0 atom stereocenters. The number of hydrogen-bond donors (Lipinski definition) is 2. The average molecular weight is 480 g/mol. The Bertz CT molecular complexity index is 1200. The number of benzene rings is 3. The van der Waals surface area contributed by atoms with E-state index in [0.717, 1.165) is 28.9 Å². The molecule has 0 amide bonds. The quantitative estimate of drug-likeness (QED) is 0.491. The summed E-state index contributed by atoms with van der Waals surface area (Å²) in [4.78, 5) is -0.0666. The number of fused-ring (bicyclic) bond motifs is 1. The zero-order valence-electron chi connectivity index (χ0n) is 17.6. The Balaban J connectivity index is 0.000000222. The zero-order chi connectivity index (χ0) is 23.3. The number of aryl methyl sites for hydroxylation is 1. The molecule has 0 fully saturated rings. The van der Waals surface area contributed by atoms with Gasteiger partial charge in [0.1, 0.15) is 23.1 Å². The molecule has 170 valence electrons. The molecule has 0 aromatic heterocycles. The molecule has 1 heterocycles. The van der Waals surface area contributed by atoms with Gasteiger partial charge in [-0.05, 0) is 50.4 Å². The fourth-order valence-corrected chi connectivity index (χ4v) is 3.69. The molecule has 3 aromatic rings. The van der Waals surface area contributed by atoms with E-state index in [1.807, 2.05) is 25.1 Å². The summed E-state index contributed by atoms with van der Waals surface area (Å²) in [6, 6.07) is 14.6. The third-order valence-electron chi connectivity index (χ3n) is 4.68. The molecule has 0 bridgehead atoms. The summed E-state index contributed by atoms with van der Waals surface area (Å²) >= 11 is 5.85. The Morgan fingerprint density at radius 3 is 2.53 bits per heavy atom. The largest absolute Gasteiger partial charge is 0.493 e. The SMILES string of the molecule is CNCc1cc(F)c(Cl)cc1Oc1ccc2c(c1)CCO2.Cc1ccc(S(=O)(=O)O)cc1. The summed E-state index contributed by atoms with van der Waals surface area (Å²) < 4.78 is 54.5. The Kier molecular flexibility index (Phi) is 7.73. The maximum atomic E-state index is 13.6. The molecule has 0 saturated carbocycles. The number of hydrogen-bond acceptors (Lipinski definition) is 5. The van der Waals surface area contributed by atoms with Crippen LogP contribution in [-0.4, -0.2) is 26.6 Å². The third kappa shape index (κ3) is 6.20. The smallest absolute Gasteiger partial charge is 0.294 e. The van der Waals surface area contributed by atoms with Gasteiger partial charge in [0.25, 0.3) is 10.1 Å². The lowest BCUT2D eigenvalue weighted by Crippen LogP contribution is -2.07. The summed E-state index contributed by atoms with van der Waals surface area (Å²) in [5, 5.41) is 3.04. The van der Waals surface area contributed by atoms with Gasteiger partial charge in [-0.2, -0.15) is 8.42 Å². The normalized spacial score (nSPS) is 12.4. The number of halogens is 2. The molecule has 1 aliphatic rings. The van der Waals surface area contributed by atoms with Crippen LogP contribution in [0.4, 0.5) is 4.39 Å². The summed E-state index contributed by atoms with van der Waals surface area (Å²) in [6.07, 6.45) is 0.875. The van der Waals surface area contributed by atoms with Crippen molar-refractivity contribution in [3.05, 3.63) is 82.1 Å². The van der Waals surface area contributed by atoms with Gasteiger partial charge in [0.15, 0.2) is 0 Å². The van der Waals surface area contributed by atoms with Gasteiger partial charge in [0.2, 0.25) is 0 Å². The maximum Gasteiger partial charge on any atom is 0.294 e. The fraction of sp³-hybridized carbons (Fsp3) is 0.217. The van der Waals surface area contributed by atoms with Crippen LogP contribution in [-0.2, 0) is 23.1 Å². The van der Waals surface area contributed by atoms with Gasteiger partial charge < -0.3 is 14.8 Å². The summed E-state index contributed by atoms with van der Waals surface area (Å²) in [7, 11) is -2.22. The van der Waals surface area contributed by atoms with Crippen LogP contribution >= 0.6 is 11.6 Å². The minimum Gasteiger partial charge on any atom is -0.493 e. The standard InChI is InChI=1S/C16H15ClFNO2.C7H8O3S/c1-19-9-11-7-14(18)13(17)8-16(11)21-12-2-3-15-10(6-12)4-5-20-15;1-6-2-4-7(5-3-6)11(8,9)10/h2-3,6-8,19H,4-5,9H2,1H3;2-5H,1H3,(H,8,9,10). The van der Waals surface area contributed by atoms with E-state index in [0.29, 0.717) is 24.7 Å². The minimum atomic E-state index is -4.02. The molecule has 9 heteroatoms. The second kappa shape index (κ2) is 10.3. The molecule has 0 saturated heterocycles. The van der Waals surface area contributed by atoms with Gasteiger partial charge >= 0.3 is 0 Å². The molecule has 4 rings (SSSR count). The van der Waals surface area contributed by atoms with E-state index >= 15 is 0 Å². The van der Waals surface area contributed by atoms with E-state index in [1.54, 1.807) is 19.2 Å². The number of ether oxygens (including phenoxy) is 2. The topological polar surface area (TPSA) is 84.9 Å². The average Bonchev–Trinajstić information content (AvgIpc) is 3.20. The minimum absolute atomic E-state index is 0.0503. The lowest BCUT2D eigenvalue weighted by molar-refractivity contribution is 0.356. The molecule has 32 heavy (non-hydrogen) atoms. The van der Waals surface area contributed by atoms with Crippen LogP contribution in [0, 0.1) is 12.7 Å². The lowest BCUT2D eigenvalue weighted by Gasteiger charge is -2.13. The third-order valence-corrected chi connectivity index (χ3v) is 5.84. The first-order valence-electron chi connectivity index (χ1n) is 9.77. The van der Waals surface area contributed by atoms with Crippen LogP contribution in [0.1, 0.15) is 16.7 Å². The highest BCUT2D eigenvalue weighted by atomic mass is 35.5. The first kappa shape index (κ1) is 24.0. The predicted octanol–water partition coefficient (Wildman–Crippen LogP) is 5.17. The van der Waals surface area contributed by atoms with Crippen LogP contribution < -0.4 is 14.8 Å². The van der Waals surface area contributed by atoms with E-state index < -0.39 is 15.9 Å². The zero-order valence-corrected chi connectivity index (χ0v) is 19.1. The molecule has 0 spiro atoms. The molecule has 3 aromatic carbocycles. The van der Waals surface area contributed by atoms with Crippen LogP contribution in [0.5, 0.6) is 17.2 Å². The van der Waals surface area contributed by atoms with Crippen molar-refractivity contribution in [2.45, 2.75) is 24.8 Å². The van der Waals surface area contributed by atoms with E-state index in [1.165, 1.54) is 24.3 Å². The molecular weight excluding hydrogens is 457 g/mol. The van der Waals surface area contributed by atoms with Crippen molar-refractivity contribution in [3.8, 4) is 17.2 Å². The van der Waals surface area contributed by atoms with Crippen molar-refractivity contribution in [1.29, 1.82) is 0 Å². The van der Waals surface area contributed by atoms with Gasteiger partial charge in [0.05, 0.1) is 16.5 Å². The Morgan fingerprint density at radius 1 is 1.16 bits per heavy atom. The second-order valence-corrected chi connectivity index (χ2v) is 8.99. The van der Waals surface area contributed by atoms with Gasteiger partial charge in [-0.1, -0.05) is 29.3 Å². The van der Waals surface area contributed by atoms with E-state index in [4.69, 9.17) is 25.6 Å². The van der Waals surface area contributed by atoms with Gasteiger partial charge in [-0.25, -0.2) is 4.39 Å². The molecular formula is C23H23ClFNO5S. The van der Waals surface area contributed by atoms with Gasteiger partial charge in [-0.15, -0.1) is 0 Å². The Morgan fingerprint density at radius 2 is 1.88 bits per heavy atom. The number of rotatable bonds is 5. The van der Waals surface area contributed by atoms with Crippen molar-refractivity contribution in [1.82, 2.24) is 5.32 Å². The lowest BCUT2D eigenvalue weighted by atomic mass is 10.1. The maximum absolute atomic E-state index is 13.6. The Labute approximate surface area is 191 Å². The molecule has 6 nitrogen and oxygen atoms in total. The highest BCUT2D eigenvalue weighted by Gasteiger charge is 2.15. The molecule has 2 N–H and O–H groups in total. The van der Waals surface area contributed by atoms with Crippen molar-refractivity contribution >= 4 is 21.7 Å². The first-order valence-corrected chi connectivity index (χ1v) is 11.6. The molecule has 0 radical (unpaired) electrons. The van der Waals surface area contributed by atoms with E-state index in [-0.39, 0.29) is 9.92 Å². The monoisotopic (exact) mass is 479 g/mol. The summed E-state index contributed by atoms with van der Waals surface area (Å²) in [6.45, 7) is 3.04.